The van der Waals surface area contributed by atoms with Crippen molar-refractivity contribution >= 4 is 69.7 Å². The Morgan fingerprint density at radius 2 is 1.59 bits per heavy atom. The van der Waals surface area contributed by atoms with E-state index in [9.17, 15) is 9.59 Å². The van der Waals surface area contributed by atoms with Gasteiger partial charge in [-0.2, -0.15) is 0 Å². The molecule has 4 N–H and O–H groups in total. The Labute approximate surface area is 175 Å². The highest BCUT2D eigenvalue weighted by Gasteiger charge is 2.34. The number of carbonyl (C=O) groups is 2. The van der Waals surface area contributed by atoms with Gasteiger partial charge in [0.25, 0.3) is 5.91 Å². The second kappa shape index (κ2) is 9.23. The van der Waals surface area contributed by atoms with Gasteiger partial charge in [-0.1, -0.05) is 59.1 Å². The van der Waals surface area contributed by atoms with Crippen LogP contribution in [-0.4, -0.2) is 32.1 Å². The monoisotopic (exact) mass is 445 g/mol. The fourth-order valence-electron chi connectivity index (χ4n) is 2.03. The van der Waals surface area contributed by atoms with Gasteiger partial charge in [0.05, 0.1) is 5.56 Å². The van der Waals surface area contributed by atoms with E-state index in [1.807, 2.05) is 0 Å². The van der Waals surface area contributed by atoms with Crippen LogP contribution in [0, 0.1) is 0 Å². The number of carbonyl (C=O) groups excluding carboxylic acids is 1. The molecule has 0 bridgehead atoms. The van der Waals surface area contributed by atoms with Crippen molar-refractivity contribution < 1.29 is 14.7 Å². The van der Waals surface area contributed by atoms with Gasteiger partial charge in [0.15, 0.2) is 5.11 Å². The van der Waals surface area contributed by atoms with Crippen molar-refractivity contribution in [3.63, 3.8) is 0 Å². The third kappa shape index (κ3) is 6.55. The summed E-state index contributed by atoms with van der Waals surface area (Å²) in [5.41, 5.74) is 0.884. The Morgan fingerprint density at radius 1 is 0.963 bits per heavy atom. The maximum Gasteiger partial charge on any atom is 0.335 e. The quantitative estimate of drug-likeness (QED) is 0.317. The summed E-state index contributed by atoms with van der Waals surface area (Å²) in [5, 5.41) is 17.1. The second-order valence-electron chi connectivity index (χ2n) is 5.30. The summed E-state index contributed by atoms with van der Waals surface area (Å²) in [6.07, 6.45) is -1.14. The number of hydrogen-bond donors (Lipinski definition) is 4. The van der Waals surface area contributed by atoms with Crippen LogP contribution >= 0.6 is 47.0 Å². The lowest BCUT2D eigenvalue weighted by Gasteiger charge is -2.27. The molecule has 1 atom stereocenters. The molecule has 0 radical (unpaired) electrons. The molecule has 2 aromatic carbocycles. The molecular formula is C17H14Cl3N3O3S. The lowest BCUT2D eigenvalue weighted by Crippen LogP contribution is -2.56. The molecule has 1 unspecified atom stereocenters. The molecule has 0 aliphatic heterocycles. The molecule has 0 fully saturated rings. The molecule has 142 valence electrons. The number of nitrogens with one attached hydrogen (secondary N) is 3. The van der Waals surface area contributed by atoms with Gasteiger partial charge in [0, 0.05) is 11.3 Å². The summed E-state index contributed by atoms with van der Waals surface area (Å²) >= 11 is 23.0. The Kier molecular flexibility index (Phi) is 7.26. The Morgan fingerprint density at radius 3 is 2.19 bits per heavy atom. The minimum Gasteiger partial charge on any atom is -0.478 e. The molecule has 6 nitrogen and oxygen atoms in total. The first-order valence-electron chi connectivity index (χ1n) is 7.50. The van der Waals surface area contributed by atoms with Crippen LogP contribution in [-0.2, 0) is 0 Å². The number of benzene rings is 2. The van der Waals surface area contributed by atoms with Crippen molar-refractivity contribution in [2.75, 3.05) is 5.32 Å². The fraction of sp³-hybridized carbons (Fsp3) is 0.118. The number of carboxylic acid groups (broad SMARTS) is 1. The van der Waals surface area contributed by atoms with Crippen LogP contribution in [0.1, 0.15) is 20.7 Å². The number of amides is 1. The first kappa shape index (κ1) is 21.2. The smallest absolute Gasteiger partial charge is 0.335 e. The van der Waals surface area contributed by atoms with Crippen LogP contribution in [0.15, 0.2) is 54.6 Å². The van der Waals surface area contributed by atoms with Gasteiger partial charge in [-0.05, 0) is 42.5 Å². The highest BCUT2D eigenvalue weighted by Crippen LogP contribution is 2.29. The first-order chi connectivity index (χ1) is 12.7. The van der Waals surface area contributed by atoms with E-state index in [2.05, 4.69) is 16.0 Å². The molecule has 2 rings (SSSR count). The minimum absolute atomic E-state index is 0.0298. The van der Waals surface area contributed by atoms with Gasteiger partial charge in [-0.15, -0.1) is 0 Å². The molecule has 1 amide bonds. The number of aromatic carboxylic acids is 1. The van der Waals surface area contributed by atoms with Crippen LogP contribution in [0.4, 0.5) is 5.69 Å². The fourth-order valence-corrected chi connectivity index (χ4v) is 2.59. The van der Waals surface area contributed by atoms with Crippen molar-refractivity contribution in [3.05, 3.63) is 65.7 Å². The predicted octanol–water partition coefficient (Wildman–Crippen LogP) is 3.80. The summed E-state index contributed by atoms with van der Waals surface area (Å²) in [7, 11) is 0. The molecule has 0 aliphatic rings. The van der Waals surface area contributed by atoms with E-state index in [0.29, 0.717) is 11.3 Å². The van der Waals surface area contributed by atoms with Gasteiger partial charge in [0.2, 0.25) is 3.79 Å². The summed E-state index contributed by atoms with van der Waals surface area (Å²) in [6, 6.07) is 14.4. The zero-order valence-corrected chi connectivity index (χ0v) is 16.7. The van der Waals surface area contributed by atoms with Crippen molar-refractivity contribution in [2.24, 2.45) is 0 Å². The molecule has 0 saturated carbocycles. The molecule has 0 saturated heterocycles. The van der Waals surface area contributed by atoms with Crippen LogP contribution in [0.5, 0.6) is 0 Å². The van der Waals surface area contributed by atoms with Crippen LogP contribution < -0.4 is 16.0 Å². The number of rotatable bonds is 5. The number of thiocarbonyl (C=S) groups is 1. The average molecular weight is 447 g/mol. The lowest BCUT2D eigenvalue weighted by atomic mass is 10.2. The topological polar surface area (TPSA) is 90.5 Å². The Hall–Kier alpha value is -2.06. The highest BCUT2D eigenvalue weighted by atomic mass is 35.6. The number of anilines is 1. The van der Waals surface area contributed by atoms with Crippen molar-refractivity contribution in [2.45, 2.75) is 9.96 Å². The SMILES string of the molecule is O=C(O)c1cccc(NC(=S)NC(NC(=O)c2ccccc2)C(Cl)(Cl)Cl)c1. The second-order valence-corrected chi connectivity index (χ2v) is 8.08. The van der Waals surface area contributed by atoms with Crippen molar-refractivity contribution in [1.82, 2.24) is 10.6 Å². The van der Waals surface area contributed by atoms with E-state index in [0.717, 1.165) is 0 Å². The molecule has 0 aliphatic carbocycles. The molecule has 0 heterocycles. The van der Waals surface area contributed by atoms with Gasteiger partial charge >= 0.3 is 5.97 Å². The first-order valence-corrected chi connectivity index (χ1v) is 9.04. The van der Waals surface area contributed by atoms with Gasteiger partial charge in [0.1, 0.15) is 6.17 Å². The number of hydrogen-bond acceptors (Lipinski definition) is 3. The van der Waals surface area contributed by atoms with Gasteiger partial charge in [-0.25, -0.2) is 4.79 Å². The summed E-state index contributed by atoms with van der Waals surface area (Å²) in [4.78, 5) is 23.3. The van der Waals surface area contributed by atoms with Crippen LogP contribution in [0.3, 0.4) is 0 Å². The van der Waals surface area contributed by atoms with E-state index in [-0.39, 0.29) is 10.7 Å². The molecule has 27 heavy (non-hydrogen) atoms. The molecule has 0 aromatic heterocycles. The van der Waals surface area contributed by atoms with Crippen LogP contribution in [0.2, 0.25) is 0 Å². The molecule has 10 heteroatoms. The number of halogens is 3. The maximum absolute atomic E-state index is 12.3. The average Bonchev–Trinajstić information content (AvgIpc) is 2.61. The summed E-state index contributed by atoms with van der Waals surface area (Å²) in [6.45, 7) is 0. The third-order valence-electron chi connectivity index (χ3n) is 3.28. The van der Waals surface area contributed by atoms with E-state index in [4.69, 9.17) is 52.1 Å². The van der Waals surface area contributed by atoms with Crippen molar-refractivity contribution in [1.29, 1.82) is 0 Å². The standard InChI is InChI=1S/C17H14Cl3N3O3S/c18-17(19,20)15(22-13(24)10-5-2-1-3-6-10)23-16(27)21-12-8-4-7-11(9-12)14(25)26/h1-9,15H,(H,22,24)(H,25,26)(H2,21,23,27). The maximum atomic E-state index is 12.3. The molecule has 2 aromatic rings. The van der Waals surface area contributed by atoms with E-state index in [1.165, 1.54) is 12.1 Å². The van der Waals surface area contributed by atoms with E-state index in [1.54, 1.807) is 42.5 Å². The summed E-state index contributed by atoms with van der Waals surface area (Å²) < 4.78 is -1.90. The number of alkyl halides is 3. The lowest BCUT2D eigenvalue weighted by molar-refractivity contribution is 0.0696. The Bertz CT molecular complexity index is 844. The predicted molar refractivity (Wildman–Crippen MR) is 111 cm³/mol. The zero-order valence-electron chi connectivity index (χ0n) is 13.6. The summed E-state index contributed by atoms with van der Waals surface area (Å²) in [5.74, 6) is -1.54. The zero-order chi connectivity index (χ0) is 20.0. The van der Waals surface area contributed by atoms with Gasteiger partial charge < -0.3 is 21.1 Å². The molecule has 0 spiro atoms. The molecular weight excluding hydrogens is 433 g/mol. The van der Waals surface area contributed by atoms with Crippen LogP contribution in [0.25, 0.3) is 0 Å². The normalized spacial score (nSPS) is 12.0. The van der Waals surface area contributed by atoms with E-state index >= 15 is 0 Å². The number of carboxylic acids is 1. The van der Waals surface area contributed by atoms with Crippen molar-refractivity contribution in [3.8, 4) is 0 Å². The Balaban J connectivity index is 2.07. The van der Waals surface area contributed by atoms with Gasteiger partial charge in [-0.3, -0.25) is 4.79 Å². The third-order valence-corrected chi connectivity index (χ3v) is 4.16. The minimum atomic E-state index is -1.90. The largest absolute Gasteiger partial charge is 0.478 e. The van der Waals surface area contributed by atoms with E-state index < -0.39 is 21.8 Å². The highest BCUT2D eigenvalue weighted by molar-refractivity contribution is 7.80.